The number of hydrogen-bond donors (Lipinski definition) is 1. The molecule has 2 rings (SSSR count). The Labute approximate surface area is 107 Å². The van der Waals surface area contributed by atoms with E-state index < -0.39 is 0 Å². The fraction of sp³-hybridized carbons (Fsp3) is 0.429. The Bertz CT molecular complexity index is 458. The predicted molar refractivity (Wildman–Crippen MR) is 67.2 cm³/mol. The molecule has 0 radical (unpaired) electrons. The molecular weight excluding hydrogens is 228 g/mol. The van der Waals surface area contributed by atoms with Gasteiger partial charge in [-0.2, -0.15) is 5.26 Å². The van der Waals surface area contributed by atoms with Crippen LogP contribution in [0.2, 0.25) is 0 Å². The van der Waals surface area contributed by atoms with Crippen molar-refractivity contribution in [3.8, 4) is 11.8 Å². The number of hydrogen-bond acceptors (Lipinski definition) is 3. The van der Waals surface area contributed by atoms with E-state index in [4.69, 9.17) is 10.00 Å². The number of nitriles is 1. The molecule has 0 aliphatic heterocycles. The molecule has 4 nitrogen and oxygen atoms in total. The van der Waals surface area contributed by atoms with Crippen LogP contribution in [-0.2, 0) is 0 Å². The van der Waals surface area contributed by atoms with Gasteiger partial charge >= 0.3 is 0 Å². The molecule has 1 amide bonds. The van der Waals surface area contributed by atoms with E-state index in [2.05, 4.69) is 11.4 Å². The summed E-state index contributed by atoms with van der Waals surface area (Å²) >= 11 is 0. The van der Waals surface area contributed by atoms with Crippen molar-refractivity contribution >= 4 is 5.91 Å². The molecule has 1 unspecified atom stereocenters. The van der Waals surface area contributed by atoms with E-state index in [0.29, 0.717) is 18.1 Å². The maximum atomic E-state index is 11.9. The van der Waals surface area contributed by atoms with E-state index in [1.54, 1.807) is 24.3 Å². The molecule has 1 aliphatic carbocycles. The van der Waals surface area contributed by atoms with Crippen LogP contribution in [0.25, 0.3) is 0 Å². The van der Waals surface area contributed by atoms with Crippen molar-refractivity contribution < 1.29 is 9.53 Å². The molecule has 1 N–H and O–H groups in total. The number of amides is 1. The molecule has 0 heterocycles. The van der Waals surface area contributed by atoms with Crippen molar-refractivity contribution in [1.82, 2.24) is 5.32 Å². The van der Waals surface area contributed by atoms with Gasteiger partial charge in [-0.1, -0.05) is 0 Å². The van der Waals surface area contributed by atoms with Gasteiger partial charge in [0, 0.05) is 5.56 Å². The lowest BCUT2D eigenvalue weighted by molar-refractivity contribution is 0.0942. The first-order valence-electron chi connectivity index (χ1n) is 6.18. The van der Waals surface area contributed by atoms with Crippen LogP contribution in [0.15, 0.2) is 24.3 Å². The maximum Gasteiger partial charge on any atom is 0.252 e. The Hall–Kier alpha value is -2.02. The lowest BCUT2D eigenvalue weighted by atomic mass is 10.1. The van der Waals surface area contributed by atoms with E-state index in [9.17, 15) is 4.79 Å². The first-order chi connectivity index (χ1) is 8.74. The summed E-state index contributed by atoms with van der Waals surface area (Å²) < 4.78 is 5.31. The van der Waals surface area contributed by atoms with Crippen LogP contribution in [0.3, 0.4) is 0 Å². The molecule has 1 aromatic carbocycles. The molecule has 0 saturated heterocycles. The quantitative estimate of drug-likeness (QED) is 0.863. The van der Waals surface area contributed by atoms with Crippen LogP contribution >= 0.6 is 0 Å². The minimum absolute atomic E-state index is 0.198. The van der Waals surface area contributed by atoms with E-state index in [1.165, 1.54) is 0 Å². The van der Waals surface area contributed by atoms with E-state index in [1.807, 2.05) is 6.92 Å². The van der Waals surface area contributed by atoms with E-state index in [0.717, 1.165) is 18.6 Å². The summed E-state index contributed by atoms with van der Waals surface area (Å²) in [5, 5.41) is 11.7. The van der Waals surface area contributed by atoms with Crippen LogP contribution < -0.4 is 10.1 Å². The molecule has 0 aromatic heterocycles. The highest BCUT2D eigenvalue weighted by Gasteiger charge is 2.32. The average molecular weight is 244 g/mol. The number of carbonyl (C=O) groups excluding carboxylic acids is 1. The molecule has 4 heteroatoms. The summed E-state index contributed by atoms with van der Waals surface area (Å²) in [6, 6.07) is 8.72. The second-order valence-electron chi connectivity index (χ2n) is 4.38. The third-order valence-electron chi connectivity index (χ3n) is 2.95. The number of benzene rings is 1. The van der Waals surface area contributed by atoms with E-state index in [-0.39, 0.29) is 11.9 Å². The average Bonchev–Trinajstić information content (AvgIpc) is 3.21. The largest absolute Gasteiger partial charge is 0.494 e. The first kappa shape index (κ1) is 12.4. The van der Waals surface area contributed by atoms with Crippen molar-refractivity contribution in [3.63, 3.8) is 0 Å². The van der Waals surface area contributed by atoms with Crippen LogP contribution in [-0.4, -0.2) is 18.6 Å². The van der Waals surface area contributed by atoms with Gasteiger partial charge in [0.15, 0.2) is 0 Å². The maximum absolute atomic E-state index is 11.9. The van der Waals surface area contributed by atoms with Crippen molar-refractivity contribution in [2.24, 2.45) is 5.92 Å². The standard InChI is InChI=1S/C14H16N2O2/c1-2-18-12-7-5-11(6-8-12)14(17)16-13(9-15)10-3-4-10/h5-8,10,13H,2-4H2,1H3,(H,16,17). The third kappa shape index (κ3) is 3.01. The Balaban J connectivity index is 1.97. The minimum atomic E-state index is -0.357. The lowest BCUT2D eigenvalue weighted by Gasteiger charge is -2.10. The van der Waals surface area contributed by atoms with Crippen LogP contribution in [0, 0.1) is 17.2 Å². The zero-order valence-corrected chi connectivity index (χ0v) is 10.3. The molecule has 1 atom stereocenters. The van der Waals surface area contributed by atoms with Gasteiger partial charge in [-0.25, -0.2) is 0 Å². The van der Waals surface area contributed by atoms with E-state index >= 15 is 0 Å². The molecular formula is C14H16N2O2. The van der Waals surface area contributed by atoms with Gasteiger partial charge in [-0.15, -0.1) is 0 Å². The fourth-order valence-electron chi connectivity index (χ4n) is 1.78. The lowest BCUT2D eigenvalue weighted by Crippen LogP contribution is -2.35. The molecule has 1 aromatic rings. The molecule has 1 saturated carbocycles. The second-order valence-corrected chi connectivity index (χ2v) is 4.38. The predicted octanol–water partition coefficient (Wildman–Crippen LogP) is 2.12. The molecule has 94 valence electrons. The Kier molecular flexibility index (Phi) is 3.83. The van der Waals surface area contributed by atoms with Gasteiger partial charge in [0.25, 0.3) is 5.91 Å². The topological polar surface area (TPSA) is 62.1 Å². The molecule has 0 spiro atoms. The van der Waals surface area contributed by atoms with Crippen molar-refractivity contribution in [2.45, 2.75) is 25.8 Å². The third-order valence-corrected chi connectivity index (χ3v) is 2.95. The number of rotatable bonds is 5. The monoisotopic (exact) mass is 244 g/mol. The van der Waals surface area contributed by atoms with Gasteiger partial charge in [0.05, 0.1) is 12.7 Å². The SMILES string of the molecule is CCOc1ccc(C(=O)NC(C#N)C2CC2)cc1. The van der Waals surface area contributed by atoms with Crippen LogP contribution in [0.1, 0.15) is 30.1 Å². The van der Waals surface area contributed by atoms with Crippen LogP contribution in [0.5, 0.6) is 5.75 Å². The molecule has 0 bridgehead atoms. The van der Waals surface area contributed by atoms with Gasteiger partial charge in [0.2, 0.25) is 0 Å². The highest BCUT2D eigenvalue weighted by Crippen LogP contribution is 2.32. The van der Waals surface area contributed by atoms with Crippen molar-refractivity contribution in [1.29, 1.82) is 5.26 Å². The second kappa shape index (κ2) is 5.54. The summed E-state index contributed by atoms with van der Waals surface area (Å²) in [7, 11) is 0. The Morgan fingerprint density at radius 1 is 1.50 bits per heavy atom. The Morgan fingerprint density at radius 2 is 2.17 bits per heavy atom. The summed E-state index contributed by atoms with van der Waals surface area (Å²) in [5.41, 5.74) is 0.555. The summed E-state index contributed by atoms with van der Waals surface area (Å²) in [6.07, 6.45) is 2.06. The van der Waals surface area contributed by atoms with Crippen LogP contribution in [0.4, 0.5) is 0 Å². The molecule has 18 heavy (non-hydrogen) atoms. The molecule has 1 fully saturated rings. The zero-order chi connectivity index (χ0) is 13.0. The molecule has 1 aliphatic rings. The van der Waals surface area contributed by atoms with Crippen molar-refractivity contribution in [3.05, 3.63) is 29.8 Å². The number of nitrogens with one attached hydrogen (secondary N) is 1. The van der Waals surface area contributed by atoms with Gasteiger partial charge in [-0.3, -0.25) is 4.79 Å². The van der Waals surface area contributed by atoms with Crippen molar-refractivity contribution in [2.75, 3.05) is 6.61 Å². The van der Waals surface area contributed by atoms with Gasteiger partial charge in [0.1, 0.15) is 11.8 Å². The minimum Gasteiger partial charge on any atom is -0.494 e. The smallest absolute Gasteiger partial charge is 0.252 e. The first-order valence-corrected chi connectivity index (χ1v) is 6.18. The fourth-order valence-corrected chi connectivity index (χ4v) is 1.78. The summed E-state index contributed by atoms with van der Waals surface area (Å²) in [6.45, 7) is 2.51. The Morgan fingerprint density at radius 3 is 2.67 bits per heavy atom. The highest BCUT2D eigenvalue weighted by molar-refractivity contribution is 5.94. The zero-order valence-electron chi connectivity index (χ0n) is 10.3. The summed E-state index contributed by atoms with van der Waals surface area (Å²) in [4.78, 5) is 11.9. The number of carbonyl (C=O) groups is 1. The number of nitrogens with zero attached hydrogens (tertiary/aromatic N) is 1. The van der Waals surface area contributed by atoms with Gasteiger partial charge in [-0.05, 0) is 49.9 Å². The summed E-state index contributed by atoms with van der Waals surface area (Å²) in [5.74, 6) is 0.881. The highest BCUT2D eigenvalue weighted by atomic mass is 16.5. The number of ether oxygens (including phenoxy) is 1. The normalized spacial score (nSPS) is 15.6. The van der Waals surface area contributed by atoms with Gasteiger partial charge < -0.3 is 10.1 Å².